The predicted octanol–water partition coefficient (Wildman–Crippen LogP) is 5.41. The first-order valence-electron chi connectivity index (χ1n) is 12.8. The molecule has 0 aliphatic carbocycles. The van der Waals surface area contributed by atoms with Crippen LogP contribution >= 0.6 is 0 Å². The minimum absolute atomic E-state index is 0.0207. The van der Waals surface area contributed by atoms with Gasteiger partial charge >= 0.3 is 5.97 Å². The highest BCUT2D eigenvalue weighted by Gasteiger charge is 2.48. The van der Waals surface area contributed by atoms with Crippen LogP contribution in [-0.2, 0) is 48.3 Å². The highest BCUT2D eigenvalue weighted by molar-refractivity contribution is 5.65. The van der Waals surface area contributed by atoms with Gasteiger partial charge in [0.25, 0.3) is 0 Å². The van der Waals surface area contributed by atoms with Gasteiger partial charge < -0.3 is 23.7 Å². The van der Waals surface area contributed by atoms with Crippen molar-refractivity contribution in [1.82, 2.24) is 0 Å². The van der Waals surface area contributed by atoms with Gasteiger partial charge in [0, 0.05) is 6.92 Å². The second-order valence-electron chi connectivity index (χ2n) is 9.10. The number of ether oxygens (including phenoxy) is 5. The fraction of sp³-hybridized carbons (Fsp3) is 0.312. The summed E-state index contributed by atoms with van der Waals surface area (Å²) >= 11 is 0. The summed E-state index contributed by atoms with van der Waals surface area (Å²) in [7, 11) is 0. The molecule has 6 nitrogen and oxygen atoms in total. The van der Waals surface area contributed by atoms with Crippen molar-refractivity contribution in [2.45, 2.75) is 57.3 Å². The van der Waals surface area contributed by atoms with Crippen LogP contribution < -0.4 is 0 Å². The molecule has 0 amide bonds. The summed E-state index contributed by atoms with van der Waals surface area (Å²) in [6.07, 6.45) is -1.03. The van der Waals surface area contributed by atoms with Gasteiger partial charge in [0.2, 0.25) is 0 Å². The fourth-order valence-corrected chi connectivity index (χ4v) is 4.41. The van der Waals surface area contributed by atoms with Crippen LogP contribution in [0.5, 0.6) is 0 Å². The molecule has 0 saturated carbocycles. The summed E-state index contributed by atoms with van der Waals surface area (Å²) in [5, 5.41) is 0. The van der Waals surface area contributed by atoms with Crippen LogP contribution in [0.3, 0.4) is 0 Å². The zero-order chi connectivity index (χ0) is 26.6. The standard InChI is InChI=1S/C32H34O6/c1-3-13-28-30(35-20-25-14-7-4-8-15-25)32(37-22-27-18-11-6-12-19-27)31(29(38-28)23-34-24(2)33)36-21-26-16-9-5-10-17-26/h4-19,28-32H,1,20-23H2,2H3/t28-,29-,30+,31+,32-/m1/s1. The molecule has 5 atom stereocenters. The van der Waals surface area contributed by atoms with Gasteiger partial charge in [-0.1, -0.05) is 97.6 Å². The molecular weight excluding hydrogens is 480 g/mol. The molecule has 0 spiro atoms. The molecule has 1 aliphatic rings. The summed E-state index contributed by atoms with van der Waals surface area (Å²) in [5.74, 6) is -0.393. The Morgan fingerprint density at radius 3 is 1.66 bits per heavy atom. The van der Waals surface area contributed by atoms with Gasteiger partial charge in [0.1, 0.15) is 37.1 Å². The molecule has 6 heteroatoms. The first-order chi connectivity index (χ1) is 18.6. The number of hydrogen-bond acceptors (Lipinski definition) is 6. The van der Waals surface area contributed by atoms with Crippen LogP contribution in [0.2, 0.25) is 0 Å². The first kappa shape index (κ1) is 27.5. The van der Waals surface area contributed by atoms with E-state index in [-0.39, 0.29) is 6.61 Å². The third kappa shape index (κ3) is 7.99. The fourth-order valence-electron chi connectivity index (χ4n) is 4.41. The highest BCUT2D eigenvalue weighted by atomic mass is 16.6. The summed E-state index contributed by atoms with van der Waals surface area (Å²) in [6.45, 7) is 6.20. The van der Waals surface area contributed by atoms with Crippen molar-refractivity contribution >= 4 is 5.97 Å². The molecule has 4 rings (SSSR count). The van der Waals surface area contributed by atoms with E-state index in [2.05, 4.69) is 12.3 Å². The van der Waals surface area contributed by atoms with E-state index < -0.39 is 36.5 Å². The number of esters is 1. The van der Waals surface area contributed by atoms with Gasteiger partial charge in [-0.2, -0.15) is 0 Å². The van der Waals surface area contributed by atoms with Crippen molar-refractivity contribution < 1.29 is 28.5 Å². The maximum Gasteiger partial charge on any atom is 0.302 e. The highest BCUT2D eigenvalue weighted by Crippen LogP contribution is 2.31. The minimum Gasteiger partial charge on any atom is -0.463 e. The third-order valence-corrected chi connectivity index (χ3v) is 6.26. The van der Waals surface area contributed by atoms with E-state index in [0.29, 0.717) is 19.8 Å². The second-order valence-corrected chi connectivity index (χ2v) is 9.10. The van der Waals surface area contributed by atoms with Crippen molar-refractivity contribution in [3.63, 3.8) is 0 Å². The summed E-state index contributed by atoms with van der Waals surface area (Å²) in [6, 6.07) is 29.8. The Morgan fingerprint density at radius 1 is 0.763 bits per heavy atom. The van der Waals surface area contributed by atoms with Crippen LogP contribution in [0.15, 0.2) is 109 Å². The maximum absolute atomic E-state index is 11.7. The number of hydrogen-bond donors (Lipinski definition) is 0. The van der Waals surface area contributed by atoms with Gasteiger partial charge in [-0.3, -0.25) is 4.79 Å². The summed E-state index contributed by atoms with van der Waals surface area (Å²) in [4.78, 5) is 11.7. The lowest BCUT2D eigenvalue weighted by molar-refractivity contribution is -0.261. The summed E-state index contributed by atoms with van der Waals surface area (Å²) in [5.41, 5.74) is 5.89. The lowest BCUT2D eigenvalue weighted by Crippen LogP contribution is -2.60. The second kappa shape index (κ2) is 14.4. The number of rotatable bonds is 12. The molecule has 0 N–H and O–H groups in total. The minimum atomic E-state index is -0.588. The molecule has 38 heavy (non-hydrogen) atoms. The Hall–Kier alpha value is -3.51. The van der Waals surface area contributed by atoms with Crippen LogP contribution in [0.25, 0.3) is 0 Å². The van der Waals surface area contributed by atoms with E-state index in [1.165, 1.54) is 6.92 Å². The van der Waals surface area contributed by atoms with Crippen LogP contribution in [0, 0.1) is 0 Å². The maximum atomic E-state index is 11.7. The Balaban J connectivity index is 1.63. The molecule has 198 valence electrons. The van der Waals surface area contributed by atoms with E-state index in [4.69, 9.17) is 23.7 Å². The zero-order valence-electron chi connectivity index (χ0n) is 21.6. The molecule has 1 fully saturated rings. The number of carbonyl (C=O) groups excluding carboxylic acids is 1. The average Bonchev–Trinajstić information content (AvgIpc) is 2.95. The molecule has 0 radical (unpaired) electrons. The van der Waals surface area contributed by atoms with Crippen molar-refractivity contribution in [2.75, 3.05) is 6.61 Å². The molecule has 0 aromatic heterocycles. The monoisotopic (exact) mass is 514 g/mol. The van der Waals surface area contributed by atoms with E-state index in [1.54, 1.807) is 6.08 Å². The van der Waals surface area contributed by atoms with E-state index in [0.717, 1.165) is 16.7 Å². The molecule has 3 aromatic rings. The van der Waals surface area contributed by atoms with E-state index in [9.17, 15) is 4.79 Å². The molecule has 3 aromatic carbocycles. The Bertz CT molecular complexity index is 1160. The third-order valence-electron chi connectivity index (χ3n) is 6.26. The lowest BCUT2D eigenvalue weighted by atomic mass is 9.93. The topological polar surface area (TPSA) is 63.2 Å². The summed E-state index contributed by atoms with van der Waals surface area (Å²) < 4.78 is 31.2. The zero-order valence-corrected chi connectivity index (χ0v) is 21.6. The van der Waals surface area contributed by atoms with E-state index in [1.807, 2.05) is 91.0 Å². The Morgan fingerprint density at radius 2 is 1.21 bits per heavy atom. The molecular formula is C32H34O6. The molecule has 0 unspecified atom stereocenters. The molecule has 0 bridgehead atoms. The van der Waals surface area contributed by atoms with Gasteiger partial charge in [-0.05, 0) is 22.8 Å². The van der Waals surface area contributed by atoms with Crippen molar-refractivity contribution in [3.05, 3.63) is 126 Å². The smallest absolute Gasteiger partial charge is 0.302 e. The van der Waals surface area contributed by atoms with Crippen LogP contribution in [0.4, 0.5) is 0 Å². The van der Waals surface area contributed by atoms with E-state index >= 15 is 0 Å². The molecule has 1 saturated heterocycles. The lowest BCUT2D eigenvalue weighted by Gasteiger charge is -2.45. The first-order valence-corrected chi connectivity index (χ1v) is 12.8. The Kier molecular flexibility index (Phi) is 10.5. The number of benzene rings is 3. The molecule has 1 heterocycles. The van der Waals surface area contributed by atoms with Gasteiger partial charge in [-0.25, -0.2) is 0 Å². The normalized spacial score (nSPS) is 22.8. The van der Waals surface area contributed by atoms with Crippen LogP contribution in [-0.4, -0.2) is 43.1 Å². The quantitative estimate of drug-likeness (QED) is 0.238. The average molecular weight is 515 g/mol. The van der Waals surface area contributed by atoms with Crippen molar-refractivity contribution in [2.24, 2.45) is 0 Å². The SMILES string of the molecule is C=C=C[C@H]1O[C@H](COC(C)=O)[C@H](OCc2ccccc2)[C@H](OCc2ccccc2)[C@H]1OCc1ccccc1. The van der Waals surface area contributed by atoms with Crippen molar-refractivity contribution in [1.29, 1.82) is 0 Å². The van der Waals surface area contributed by atoms with Crippen LogP contribution in [0.1, 0.15) is 23.6 Å². The number of carbonyl (C=O) groups is 1. The largest absolute Gasteiger partial charge is 0.463 e. The molecule has 1 aliphatic heterocycles. The van der Waals surface area contributed by atoms with Gasteiger partial charge in [0.15, 0.2) is 0 Å². The van der Waals surface area contributed by atoms with Crippen molar-refractivity contribution in [3.8, 4) is 0 Å². The van der Waals surface area contributed by atoms with Gasteiger partial charge in [-0.15, -0.1) is 5.73 Å². The Labute approximate surface area is 224 Å². The predicted molar refractivity (Wildman–Crippen MR) is 144 cm³/mol. The van der Waals surface area contributed by atoms with Gasteiger partial charge in [0.05, 0.1) is 19.8 Å².